The predicted molar refractivity (Wildman–Crippen MR) is 55.6 cm³/mol. The van der Waals surface area contributed by atoms with Crippen molar-refractivity contribution in [3.8, 4) is 0 Å². The molecule has 13 heavy (non-hydrogen) atoms. The number of thioether (sulfide) groups is 1. The summed E-state index contributed by atoms with van der Waals surface area (Å²) in [7, 11) is 1.66. The summed E-state index contributed by atoms with van der Waals surface area (Å²) >= 11 is 1.71. The van der Waals surface area contributed by atoms with Gasteiger partial charge >= 0.3 is 0 Å². The second kappa shape index (κ2) is 6.23. The van der Waals surface area contributed by atoms with Crippen LogP contribution < -0.4 is 11.5 Å². The second-order valence-corrected chi connectivity index (χ2v) is 4.36. The number of hydrogen-bond donors (Lipinski definition) is 2. The number of methoxy groups -OCH3 is 1. The lowest BCUT2D eigenvalue weighted by molar-refractivity contribution is -0.122. The van der Waals surface area contributed by atoms with Crippen molar-refractivity contribution in [3.63, 3.8) is 0 Å². The van der Waals surface area contributed by atoms with Crippen LogP contribution in [0.25, 0.3) is 0 Å². The average molecular weight is 206 g/mol. The highest BCUT2D eigenvalue weighted by atomic mass is 32.2. The molecule has 0 aromatic rings. The van der Waals surface area contributed by atoms with E-state index in [1.165, 1.54) is 0 Å². The highest BCUT2D eigenvalue weighted by Crippen LogP contribution is 2.10. The van der Waals surface area contributed by atoms with Gasteiger partial charge < -0.3 is 16.2 Å². The summed E-state index contributed by atoms with van der Waals surface area (Å²) in [4.78, 5) is 10.8. The molecule has 1 atom stereocenters. The van der Waals surface area contributed by atoms with Crippen molar-refractivity contribution in [1.29, 1.82) is 0 Å². The number of rotatable bonds is 7. The standard InChI is InChI=1S/C8H18N2O2S/c1-8(10,7(9)11)3-5-13-6-4-12-2/h3-6,10H2,1-2H3,(H2,9,11). The zero-order valence-corrected chi connectivity index (χ0v) is 9.02. The van der Waals surface area contributed by atoms with Gasteiger partial charge in [-0.1, -0.05) is 0 Å². The number of ether oxygens (including phenoxy) is 1. The van der Waals surface area contributed by atoms with E-state index in [0.717, 1.165) is 18.1 Å². The summed E-state index contributed by atoms with van der Waals surface area (Å²) in [5.41, 5.74) is 9.89. The topological polar surface area (TPSA) is 78.3 Å². The van der Waals surface area contributed by atoms with E-state index >= 15 is 0 Å². The summed E-state index contributed by atoms with van der Waals surface area (Å²) in [5, 5.41) is 0. The molecule has 0 aromatic heterocycles. The molecule has 0 heterocycles. The summed E-state index contributed by atoms with van der Waals surface area (Å²) in [5.74, 6) is 1.31. The van der Waals surface area contributed by atoms with Gasteiger partial charge in [-0.2, -0.15) is 11.8 Å². The first-order valence-corrected chi connectivity index (χ1v) is 5.31. The van der Waals surface area contributed by atoms with E-state index in [1.54, 1.807) is 25.8 Å². The van der Waals surface area contributed by atoms with Crippen molar-refractivity contribution >= 4 is 17.7 Å². The van der Waals surface area contributed by atoms with E-state index in [-0.39, 0.29) is 0 Å². The van der Waals surface area contributed by atoms with Gasteiger partial charge in [-0.15, -0.1) is 0 Å². The number of carbonyl (C=O) groups excluding carboxylic acids is 1. The SMILES string of the molecule is COCCSCCC(C)(N)C(N)=O. The second-order valence-electron chi connectivity index (χ2n) is 3.14. The van der Waals surface area contributed by atoms with Crippen molar-refractivity contribution in [2.75, 3.05) is 25.2 Å². The van der Waals surface area contributed by atoms with E-state index in [1.807, 2.05) is 0 Å². The van der Waals surface area contributed by atoms with Crippen molar-refractivity contribution in [1.82, 2.24) is 0 Å². The summed E-state index contributed by atoms with van der Waals surface area (Å²) in [6.45, 7) is 2.38. The van der Waals surface area contributed by atoms with Crippen LogP contribution in [0.1, 0.15) is 13.3 Å². The third-order valence-corrected chi connectivity index (χ3v) is 2.71. The molecule has 4 nitrogen and oxygen atoms in total. The van der Waals surface area contributed by atoms with Crippen molar-refractivity contribution in [2.24, 2.45) is 11.5 Å². The molecule has 1 amide bonds. The Labute approximate surface area is 83.4 Å². The Balaban J connectivity index is 3.46. The molecule has 0 aromatic carbocycles. The Kier molecular flexibility index (Phi) is 6.11. The molecular weight excluding hydrogens is 188 g/mol. The molecule has 0 aliphatic heterocycles. The first-order chi connectivity index (χ1) is 6.00. The van der Waals surface area contributed by atoms with Crippen LogP contribution in [0.4, 0.5) is 0 Å². The Morgan fingerprint density at radius 2 is 2.15 bits per heavy atom. The van der Waals surface area contributed by atoms with Gasteiger partial charge in [0.15, 0.2) is 0 Å². The fourth-order valence-corrected chi connectivity index (χ4v) is 1.71. The van der Waals surface area contributed by atoms with Crippen molar-refractivity contribution < 1.29 is 9.53 Å². The van der Waals surface area contributed by atoms with Gasteiger partial charge in [0.2, 0.25) is 5.91 Å². The molecule has 0 aliphatic carbocycles. The first kappa shape index (κ1) is 12.7. The van der Waals surface area contributed by atoms with Gasteiger partial charge in [0, 0.05) is 12.9 Å². The quantitative estimate of drug-likeness (QED) is 0.573. The van der Waals surface area contributed by atoms with E-state index in [4.69, 9.17) is 16.2 Å². The van der Waals surface area contributed by atoms with Crippen molar-refractivity contribution in [3.05, 3.63) is 0 Å². The van der Waals surface area contributed by atoms with E-state index < -0.39 is 11.4 Å². The smallest absolute Gasteiger partial charge is 0.237 e. The molecule has 0 spiro atoms. The largest absolute Gasteiger partial charge is 0.384 e. The molecule has 1 unspecified atom stereocenters. The fourth-order valence-electron chi connectivity index (χ4n) is 0.652. The maximum atomic E-state index is 10.8. The van der Waals surface area contributed by atoms with Crippen LogP contribution in [0, 0.1) is 0 Å². The average Bonchev–Trinajstić information content (AvgIpc) is 2.03. The minimum absolute atomic E-state index is 0.445. The van der Waals surface area contributed by atoms with Gasteiger partial charge in [0.05, 0.1) is 12.1 Å². The zero-order valence-electron chi connectivity index (χ0n) is 8.21. The number of carbonyl (C=O) groups is 1. The summed E-state index contributed by atoms with van der Waals surface area (Å²) in [6, 6.07) is 0. The lowest BCUT2D eigenvalue weighted by Gasteiger charge is -2.19. The predicted octanol–water partition coefficient (Wildman–Crippen LogP) is -0.0412. The monoisotopic (exact) mass is 206 g/mol. The number of hydrogen-bond acceptors (Lipinski definition) is 4. The molecular formula is C8H18N2O2S. The molecule has 5 heteroatoms. The molecule has 0 saturated carbocycles. The van der Waals surface area contributed by atoms with Crippen molar-refractivity contribution in [2.45, 2.75) is 18.9 Å². The Bertz CT molecular complexity index is 162. The number of amides is 1. The third kappa shape index (κ3) is 5.90. The Morgan fingerprint density at radius 3 is 2.62 bits per heavy atom. The first-order valence-electron chi connectivity index (χ1n) is 4.16. The number of nitrogens with two attached hydrogens (primary N) is 2. The van der Waals surface area contributed by atoms with E-state index in [2.05, 4.69) is 0 Å². The molecule has 0 rings (SSSR count). The number of primary amides is 1. The van der Waals surface area contributed by atoms with Crippen LogP contribution in [-0.4, -0.2) is 36.7 Å². The van der Waals surface area contributed by atoms with Gasteiger partial charge in [-0.05, 0) is 19.1 Å². The van der Waals surface area contributed by atoms with Gasteiger partial charge in [0.25, 0.3) is 0 Å². The maximum absolute atomic E-state index is 10.8. The highest BCUT2D eigenvalue weighted by Gasteiger charge is 2.24. The summed E-state index contributed by atoms with van der Waals surface area (Å²) < 4.78 is 4.88. The van der Waals surface area contributed by atoms with Crippen LogP contribution in [0.2, 0.25) is 0 Å². The Hall–Kier alpha value is -0.260. The van der Waals surface area contributed by atoms with E-state index in [0.29, 0.717) is 6.42 Å². The van der Waals surface area contributed by atoms with Crippen LogP contribution in [0.15, 0.2) is 0 Å². The van der Waals surface area contributed by atoms with Gasteiger partial charge in [0.1, 0.15) is 0 Å². The maximum Gasteiger partial charge on any atom is 0.237 e. The molecule has 0 aliphatic rings. The van der Waals surface area contributed by atoms with Crippen LogP contribution in [0.5, 0.6) is 0 Å². The molecule has 0 fully saturated rings. The molecule has 0 saturated heterocycles. The fraction of sp³-hybridized carbons (Fsp3) is 0.875. The van der Waals surface area contributed by atoms with Gasteiger partial charge in [-0.25, -0.2) is 0 Å². The van der Waals surface area contributed by atoms with Crippen LogP contribution in [0.3, 0.4) is 0 Å². The normalized spacial score (nSPS) is 15.3. The van der Waals surface area contributed by atoms with Crippen LogP contribution >= 0.6 is 11.8 Å². The summed E-state index contributed by atoms with van der Waals surface area (Å²) in [6.07, 6.45) is 0.608. The van der Waals surface area contributed by atoms with E-state index in [9.17, 15) is 4.79 Å². The molecule has 78 valence electrons. The lowest BCUT2D eigenvalue weighted by atomic mass is 10.0. The lowest BCUT2D eigenvalue weighted by Crippen LogP contribution is -2.49. The van der Waals surface area contributed by atoms with Gasteiger partial charge in [-0.3, -0.25) is 4.79 Å². The Morgan fingerprint density at radius 1 is 1.54 bits per heavy atom. The molecule has 4 N–H and O–H groups in total. The minimum Gasteiger partial charge on any atom is -0.384 e. The van der Waals surface area contributed by atoms with Crippen LogP contribution in [-0.2, 0) is 9.53 Å². The zero-order chi connectivity index (χ0) is 10.3. The molecule has 0 bridgehead atoms. The third-order valence-electron chi connectivity index (χ3n) is 1.76. The minimum atomic E-state index is -0.875. The highest BCUT2D eigenvalue weighted by molar-refractivity contribution is 7.99. The molecule has 0 radical (unpaired) electrons.